The van der Waals surface area contributed by atoms with Crippen LogP contribution < -0.4 is 10.1 Å². The SMILES string of the molecule is CCOC(=O)c1ccccc1NC(=O)C1CCCN(Cc2nc(-c3ccc(OC)cc3)no2)C1. The van der Waals surface area contributed by atoms with Crippen LogP contribution in [0.25, 0.3) is 11.4 Å². The lowest BCUT2D eigenvalue weighted by molar-refractivity contribution is -0.121. The summed E-state index contributed by atoms with van der Waals surface area (Å²) in [5.41, 5.74) is 1.65. The van der Waals surface area contributed by atoms with E-state index in [-0.39, 0.29) is 18.4 Å². The highest BCUT2D eigenvalue weighted by Gasteiger charge is 2.28. The number of aromatic nitrogens is 2. The van der Waals surface area contributed by atoms with Crippen LogP contribution >= 0.6 is 0 Å². The molecule has 1 aliphatic heterocycles. The number of ether oxygens (including phenoxy) is 2. The van der Waals surface area contributed by atoms with Crippen LogP contribution in [0.4, 0.5) is 5.69 Å². The van der Waals surface area contributed by atoms with E-state index in [1.807, 2.05) is 24.3 Å². The molecule has 0 aliphatic carbocycles. The van der Waals surface area contributed by atoms with E-state index in [0.29, 0.717) is 36.1 Å². The van der Waals surface area contributed by atoms with Gasteiger partial charge in [-0.2, -0.15) is 4.98 Å². The minimum atomic E-state index is -0.451. The average Bonchev–Trinajstić information content (AvgIpc) is 3.33. The van der Waals surface area contributed by atoms with Gasteiger partial charge in [-0.05, 0) is 62.7 Å². The molecule has 2 aromatic carbocycles. The lowest BCUT2D eigenvalue weighted by Crippen LogP contribution is -2.40. The van der Waals surface area contributed by atoms with Crippen LogP contribution in [0, 0.1) is 5.92 Å². The van der Waals surface area contributed by atoms with E-state index >= 15 is 0 Å². The Kier molecular flexibility index (Phi) is 7.54. The molecule has 2 heterocycles. The van der Waals surface area contributed by atoms with Gasteiger partial charge in [0.2, 0.25) is 17.6 Å². The zero-order valence-corrected chi connectivity index (χ0v) is 19.3. The van der Waals surface area contributed by atoms with Crippen molar-refractivity contribution in [2.24, 2.45) is 5.92 Å². The lowest BCUT2D eigenvalue weighted by atomic mass is 9.97. The number of methoxy groups -OCH3 is 1. The fourth-order valence-corrected chi connectivity index (χ4v) is 3.99. The molecule has 0 radical (unpaired) electrons. The van der Waals surface area contributed by atoms with Crippen LogP contribution in [0.15, 0.2) is 53.1 Å². The fraction of sp³-hybridized carbons (Fsp3) is 0.360. The molecule has 1 aromatic heterocycles. The predicted octanol–water partition coefficient (Wildman–Crippen LogP) is 3.77. The summed E-state index contributed by atoms with van der Waals surface area (Å²) in [7, 11) is 1.62. The molecule has 0 bridgehead atoms. The van der Waals surface area contributed by atoms with Gasteiger partial charge in [0.05, 0.1) is 37.4 Å². The van der Waals surface area contributed by atoms with Crippen molar-refractivity contribution in [1.82, 2.24) is 15.0 Å². The summed E-state index contributed by atoms with van der Waals surface area (Å²) < 4.78 is 15.7. The molecule has 1 amide bonds. The number of hydrogen-bond donors (Lipinski definition) is 1. The Morgan fingerprint density at radius 3 is 2.74 bits per heavy atom. The Morgan fingerprint density at radius 1 is 1.18 bits per heavy atom. The van der Waals surface area contributed by atoms with Gasteiger partial charge in [0.15, 0.2) is 0 Å². The first-order chi connectivity index (χ1) is 16.6. The number of carbonyl (C=O) groups is 2. The largest absolute Gasteiger partial charge is 0.497 e. The molecule has 3 aromatic rings. The third-order valence-electron chi connectivity index (χ3n) is 5.73. The minimum Gasteiger partial charge on any atom is -0.497 e. The van der Waals surface area contributed by atoms with Crippen molar-refractivity contribution < 1.29 is 23.6 Å². The van der Waals surface area contributed by atoms with Gasteiger partial charge < -0.3 is 19.3 Å². The van der Waals surface area contributed by atoms with E-state index in [2.05, 4.69) is 20.4 Å². The number of piperidine rings is 1. The van der Waals surface area contributed by atoms with Crippen molar-refractivity contribution in [2.45, 2.75) is 26.3 Å². The van der Waals surface area contributed by atoms with Crippen molar-refractivity contribution in [3.63, 3.8) is 0 Å². The monoisotopic (exact) mass is 464 g/mol. The van der Waals surface area contributed by atoms with Crippen molar-refractivity contribution >= 4 is 17.6 Å². The number of nitrogens with zero attached hydrogens (tertiary/aromatic N) is 3. The summed E-state index contributed by atoms with van der Waals surface area (Å²) >= 11 is 0. The van der Waals surface area contributed by atoms with Gasteiger partial charge >= 0.3 is 5.97 Å². The van der Waals surface area contributed by atoms with Gasteiger partial charge in [-0.3, -0.25) is 9.69 Å². The smallest absolute Gasteiger partial charge is 0.340 e. The molecule has 9 nitrogen and oxygen atoms in total. The van der Waals surface area contributed by atoms with Gasteiger partial charge in [0.1, 0.15) is 5.75 Å². The van der Waals surface area contributed by atoms with E-state index in [1.54, 1.807) is 38.3 Å². The molecule has 1 atom stereocenters. The predicted molar refractivity (Wildman–Crippen MR) is 125 cm³/mol. The standard InChI is InChI=1S/C25H28N4O5/c1-3-33-25(31)20-8-4-5-9-21(20)26-24(30)18-7-6-14-29(15-18)16-22-27-23(28-34-22)17-10-12-19(32-2)13-11-17/h4-5,8-13,18H,3,6-7,14-16H2,1-2H3,(H,26,30). The van der Waals surface area contributed by atoms with E-state index in [9.17, 15) is 9.59 Å². The second-order valence-corrected chi connectivity index (χ2v) is 8.07. The summed E-state index contributed by atoms with van der Waals surface area (Å²) in [4.78, 5) is 31.8. The number of rotatable bonds is 8. The van der Waals surface area contributed by atoms with Crippen LogP contribution in [0.2, 0.25) is 0 Å². The van der Waals surface area contributed by atoms with Crippen molar-refractivity contribution in [3.05, 3.63) is 60.0 Å². The van der Waals surface area contributed by atoms with E-state index in [4.69, 9.17) is 14.0 Å². The van der Waals surface area contributed by atoms with Gasteiger partial charge in [0.25, 0.3) is 0 Å². The summed E-state index contributed by atoms with van der Waals surface area (Å²) in [6.07, 6.45) is 1.64. The number of benzene rings is 2. The number of carbonyl (C=O) groups excluding carboxylic acids is 2. The molecule has 1 N–H and O–H groups in total. The summed E-state index contributed by atoms with van der Waals surface area (Å²) in [6.45, 7) is 3.89. The Labute approximate surface area is 198 Å². The van der Waals surface area contributed by atoms with E-state index in [0.717, 1.165) is 30.7 Å². The molecule has 0 spiro atoms. The molecule has 9 heteroatoms. The number of nitrogens with one attached hydrogen (secondary N) is 1. The highest BCUT2D eigenvalue weighted by atomic mass is 16.5. The Bertz CT molecular complexity index is 1130. The molecule has 0 saturated carbocycles. The summed E-state index contributed by atoms with van der Waals surface area (Å²) in [5, 5.41) is 6.99. The van der Waals surface area contributed by atoms with Gasteiger partial charge in [-0.15, -0.1) is 0 Å². The number of amides is 1. The third kappa shape index (κ3) is 5.60. The van der Waals surface area contributed by atoms with Crippen LogP contribution in [0.5, 0.6) is 5.75 Å². The molecular formula is C25H28N4O5. The molecular weight excluding hydrogens is 436 g/mol. The topological polar surface area (TPSA) is 107 Å². The molecule has 178 valence electrons. The normalized spacial score (nSPS) is 16.1. The first-order valence-corrected chi connectivity index (χ1v) is 11.3. The maximum Gasteiger partial charge on any atom is 0.340 e. The third-order valence-corrected chi connectivity index (χ3v) is 5.73. The number of para-hydroxylation sites is 1. The molecule has 1 saturated heterocycles. The second-order valence-electron chi connectivity index (χ2n) is 8.07. The zero-order valence-electron chi connectivity index (χ0n) is 19.3. The summed E-state index contributed by atoms with van der Waals surface area (Å²) in [5.74, 6) is 0.987. The molecule has 1 fully saturated rings. The number of hydrogen-bond acceptors (Lipinski definition) is 8. The van der Waals surface area contributed by atoms with Crippen molar-refractivity contribution in [1.29, 1.82) is 0 Å². The highest BCUT2D eigenvalue weighted by Crippen LogP contribution is 2.24. The quantitative estimate of drug-likeness (QED) is 0.502. The Hall–Kier alpha value is -3.72. The van der Waals surface area contributed by atoms with Crippen LogP contribution in [0.1, 0.15) is 36.0 Å². The molecule has 1 aliphatic rings. The lowest BCUT2D eigenvalue weighted by Gasteiger charge is -2.31. The number of anilines is 1. The van der Waals surface area contributed by atoms with Crippen molar-refractivity contribution in [2.75, 3.05) is 32.1 Å². The van der Waals surface area contributed by atoms with Gasteiger partial charge in [-0.25, -0.2) is 4.79 Å². The minimum absolute atomic E-state index is 0.120. The van der Waals surface area contributed by atoms with Crippen molar-refractivity contribution in [3.8, 4) is 17.1 Å². The average molecular weight is 465 g/mol. The molecule has 4 rings (SSSR count). The molecule has 1 unspecified atom stereocenters. The van der Waals surface area contributed by atoms with Gasteiger partial charge in [0, 0.05) is 12.1 Å². The number of likely N-dealkylation sites (tertiary alicyclic amines) is 1. The summed E-state index contributed by atoms with van der Waals surface area (Å²) in [6, 6.07) is 14.3. The molecule has 34 heavy (non-hydrogen) atoms. The second kappa shape index (κ2) is 10.9. The van der Waals surface area contributed by atoms with Crippen LogP contribution in [0.3, 0.4) is 0 Å². The van der Waals surface area contributed by atoms with E-state index < -0.39 is 5.97 Å². The maximum absolute atomic E-state index is 13.0. The van der Waals surface area contributed by atoms with E-state index in [1.165, 1.54) is 0 Å². The fourth-order valence-electron chi connectivity index (χ4n) is 3.99. The Morgan fingerprint density at radius 2 is 1.97 bits per heavy atom. The highest BCUT2D eigenvalue weighted by molar-refractivity contribution is 6.01. The maximum atomic E-state index is 13.0. The Balaban J connectivity index is 1.37. The van der Waals surface area contributed by atoms with Crippen LogP contribution in [-0.4, -0.2) is 53.7 Å². The first kappa shape index (κ1) is 23.4. The van der Waals surface area contributed by atoms with Crippen LogP contribution in [-0.2, 0) is 16.1 Å². The van der Waals surface area contributed by atoms with Gasteiger partial charge in [-0.1, -0.05) is 17.3 Å². The zero-order chi connectivity index (χ0) is 23.9. The number of esters is 1. The first-order valence-electron chi connectivity index (χ1n) is 11.3.